The van der Waals surface area contributed by atoms with E-state index in [1.807, 2.05) is 19.1 Å². The van der Waals surface area contributed by atoms with Gasteiger partial charge in [-0.3, -0.25) is 10.1 Å². The third kappa shape index (κ3) is 6.47. The van der Waals surface area contributed by atoms with Crippen LogP contribution in [0.5, 0.6) is 0 Å². The van der Waals surface area contributed by atoms with Gasteiger partial charge in [-0.15, -0.1) is 0 Å². The van der Waals surface area contributed by atoms with Crippen molar-refractivity contribution in [3.63, 3.8) is 0 Å². The number of aromatic nitrogens is 2. The Morgan fingerprint density at radius 1 is 1.04 bits per heavy atom. The van der Waals surface area contributed by atoms with E-state index in [1.165, 1.54) is 12.3 Å². The van der Waals surface area contributed by atoms with E-state index in [1.54, 1.807) is 12.3 Å². The largest absolute Gasteiger partial charge is 0.396 e. The molecule has 0 aliphatic rings. The van der Waals surface area contributed by atoms with Crippen molar-refractivity contribution in [2.45, 2.75) is 26.7 Å². The number of nitrogens with two attached hydrogens (primary N) is 1. The molecule has 0 saturated heterocycles. The van der Waals surface area contributed by atoms with Crippen LogP contribution in [0.1, 0.15) is 26.7 Å². The van der Waals surface area contributed by atoms with Gasteiger partial charge in [0, 0.05) is 31.5 Å². The highest BCUT2D eigenvalue weighted by molar-refractivity contribution is 5.60. The highest BCUT2D eigenvalue weighted by atomic mass is 16.6. The third-order valence-corrected chi connectivity index (χ3v) is 2.91. The quantitative estimate of drug-likeness (QED) is 0.525. The van der Waals surface area contributed by atoms with Crippen LogP contribution < -0.4 is 16.4 Å². The van der Waals surface area contributed by atoms with Gasteiger partial charge in [-0.2, -0.15) is 0 Å². The lowest BCUT2D eigenvalue weighted by molar-refractivity contribution is -0.384. The van der Waals surface area contributed by atoms with Crippen molar-refractivity contribution >= 4 is 23.0 Å². The van der Waals surface area contributed by atoms with E-state index in [-0.39, 0.29) is 5.69 Å². The predicted octanol–water partition coefficient (Wildman–Crippen LogP) is 3.30. The standard InChI is InChI=1S/C8H11N3O2.C8H13N3/c1-2-5-9-8-7(11(12)13)4-3-6-10-8;1-2-5-10-8-7(9)4-3-6-11-8/h3-4,6H,2,5H2,1H3,(H,9,10);3-4,6H,2,5,9H2,1H3,(H,10,11). The summed E-state index contributed by atoms with van der Waals surface area (Å²) in [5, 5.41) is 16.5. The van der Waals surface area contributed by atoms with Crippen molar-refractivity contribution in [1.82, 2.24) is 9.97 Å². The SMILES string of the molecule is CCCNc1ncccc1N.CCCNc1ncccc1[N+](=O)[O-]. The summed E-state index contributed by atoms with van der Waals surface area (Å²) >= 11 is 0. The maximum absolute atomic E-state index is 10.5. The molecular weight excluding hydrogens is 308 g/mol. The topological polar surface area (TPSA) is 119 Å². The molecule has 0 radical (unpaired) electrons. The maximum atomic E-state index is 10.5. The summed E-state index contributed by atoms with van der Waals surface area (Å²) in [5.41, 5.74) is 6.37. The second-order valence-corrected chi connectivity index (χ2v) is 4.92. The van der Waals surface area contributed by atoms with E-state index in [2.05, 4.69) is 27.5 Å². The molecular formula is C16H24N6O2. The number of nitro groups is 1. The zero-order chi connectivity index (χ0) is 17.8. The summed E-state index contributed by atoms with van der Waals surface area (Å²) in [4.78, 5) is 18.0. The molecule has 0 atom stereocenters. The van der Waals surface area contributed by atoms with Crippen molar-refractivity contribution < 1.29 is 4.92 Å². The molecule has 0 saturated carbocycles. The zero-order valence-electron chi connectivity index (χ0n) is 14.0. The molecule has 0 amide bonds. The second kappa shape index (κ2) is 10.8. The summed E-state index contributed by atoms with van der Waals surface area (Å²) in [6, 6.07) is 6.65. The molecule has 0 bridgehead atoms. The molecule has 2 heterocycles. The Balaban J connectivity index is 0.000000243. The summed E-state index contributed by atoms with van der Waals surface area (Å²) < 4.78 is 0. The minimum Gasteiger partial charge on any atom is -0.396 e. The zero-order valence-corrected chi connectivity index (χ0v) is 14.0. The summed E-state index contributed by atoms with van der Waals surface area (Å²) in [6.45, 7) is 5.70. The molecule has 8 nitrogen and oxygen atoms in total. The number of anilines is 3. The van der Waals surface area contributed by atoms with Gasteiger partial charge in [-0.25, -0.2) is 9.97 Å². The molecule has 0 fully saturated rings. The number of hydrogen-bond donors (Lipinski definition) is 3. The van der Waals surface area contributed by atoms with Crippen LogP contribution >= 0.6 is 0 Å². The monoisotopic (exact) mass is 332 g/mol. The maximum Gasteiger partial charge on any atom is 0.311 e. The number of nitrogen functional groups attached to an aromatic ring is 1. The van der Waals surface area contributed by atoms with E-state index >= 15 is 0 Å². The molecule has 130 valence electrons. The first-order chi connectivity index (χ1) is 11.6. The lowest BCUT2D eigenvalue weighted by atomic mass is 10.4. The Bertz CT molecular complexity index is 635. The normalized spacial score (nSPS) is 9.58. The van der Waals surface area contributed by atoms with Gasteiger partial charge >= 0.3 is 5.69 Å². The Hall–Kier alpha value is -2.90. The van der Waals surface area contributed by atoms with Gasteiger partial charge in [-0.1, -0.05) is 13.8 Å². The molecule has 2 rings (SSSR count). The van der Waals surface area contributed by atoms with Crippen LogP contribution in [0.4, 0.5) is 23.0 Å². The Morgan fingerprint density at radius 2 is 1.58 bits per heavy atom. The number of rotatable bonds is 7. The minimum atomic E-state index is -0.439. The number of hydrogen-bond acceptors (Lipinski definition) is 7. The van der Waals surface area contributed by atoms with E-state index in [0.29, 0.717) is 18.1 Å². The van der Waals surface area contributed by atoms with Crippen molar-refractivity contribution in [3.05, 3.63) is 46.8 Å². The van der Waals surface area contributed by atoms with Crippen LogP contribution in [0.2, 0.25) is 0 Å². The first-order valence-corrected chi connectivity index (χ1v) is 7.87. The summed E-state index contributed by atoms with van der Waals surface area (Å²) in [6.07, 6.45) is 5.25. The molecule has 0 aromatic carbocycles. The molecule has 0 aliphatic carbocycles. The van der Waals surface area contributed by atoms with Crippen LogP contribution in [0.3, 0.4) is 0 Å². The van der Waals surface area contributed by atoms with Crippen LogP contribution in [0.25, 0.3) is 0 Å². The Kier molecular flexibility index (Phi) is 8.59. The van der Waals surface area contributed by atoms with Gasteiger partial charge in [0.25, 0.3) is 0 Å². The van der Waals surface area contributed by atoms with Crippen LogP contribution in [-0.2, 0) is 0 Å². The molecule has 2 aromatic rings. The summed E-state index contributed by atoms with van der Waals surface area (Å²) in [5.74, 6) is 1.13. The van der Waals surface area contributed by atoms with Crippen LogP contribution in [-0.4, -0.2) is 28.0 Å². The molecule has 2 aromatic heterocycles. The number of nitrogens with one attached hydrogen (secondary N) is 2. The number of pyridine rings is 2. The van der Waals surface area contributed by atoms with E-state index < -0.39 is 4.92 Å². The van der Waals surface area contributed by atoms with E-state index in [9.17, 15) is 10.1 Å². The van der Waals surface area contributed by atoms with Gasteiger partial charge in [0.1, 0.15) is 5.82 Å². The molecule has 0 unspecified atom stereocenters. The number of nitrogens with zero attached hydrogens (tertiary/aromatic N) is 3. The summed E-state index contributed by atoms with van der Waals surface area (Å²) in [7, 11) is 0. The fraction of sp³-hybridized carbons (Fsp3) is 0.375. The lowest BCUT2D eigenvalue weighted by Crippen LogP contribution is -2.04. The fourth-order valence-electron chi connectivity index (χ4n) is 1.73. The van der Waals surface area contributed by atoms with Crippen LogP contribution in [0.15, 0.2) is 36.7 Å². The highest BCUT2D eigenvalue weighted by Gasteiger charge is 2.12. The molecule has 0 spiro atoms. The van der Waals surface area contributed by atoms with E-state index in [4.69, 9.17) is 5.73 Å². The van der Waals surface area contributed by atoms with Gasteiger partial charge < -0.3 is 16.4 Å². The van der Waals surface area contributed by atoms with Gasteiger partial charge in [0.2, 0.25) is 5.82 Å². The average molecular weight is 332 g/mol. The smallest absolute Gasteiger partial charge is 0.311 e. The van der Waals surface area contributed by atoms with Gasteiger partial charge in [0.05, 0.1) is 10.6 Å². The van der Waals surface area contributed by atoms with Gasteiger partial charge in [0.15, 0.2) is 0 Å². The highest BCUT2D eigenvalue weighted by Crippen LogP contribution is 2.19. The molecule has 24 heavy (non-hydrogen) atoms. The average Bonchev–Trinajstić information content (AvgIpc) is 2.60. The molecule has 8 heteroatoms. The minimum absolute atomic E-state index is 0.0240. The molecule has 4 N–H and O–H groups in total. The van der Waals surface area contributed by atoms with Crippen molar-refractivity contribution in [1.29, 1.82) is 0 Å². The Morgan fingerprint density at radius 3 is 2.12 bits per heavy atom. The van der Waals surface area contributed by atoms with Crippen molar-refractivity contribution in [3.8, 4) is 0 Å². The predicted molar refractivity (Wildman–Crippen MR) is 97.1 cm³/mol. The second-order valence-electron chi connectivity index (χ2n) is 4.92. The van der Waals surface area contributed by atoms with Crippen LogP contribution in [0, 0.1) is 10.1 Å². The first kappa shape index (κ1) is 19.1. The van der Waals surface area contributed by atoms with E-state index in [0.717, 1.165) is 25.2 Å². The fourth-order valence-corrected chi connectivity index (χ4v) is 1.73. The lowest BCUT2D eigenvalue weighted by Gasteiger charge is -2.04. The van der Waals surface area contributed by atoms with Crippen molar-refractivity contribution in [2.75, 3.05) is 29.5 Å². The molecule has 0 aliphatic heterocycles. The Labute approximate surface area is 141 Å². The van der Waals surface area contributed by atoms with Crippen molar-refractivity contribution in [2.24, 2.45) is 0 Å². The third-order valence-electron chi connectivity index (χ3n) is 2.91. The first-order valence-electron chi connectivity index (χ1n) is 7.87. The van der Waals surface area contributed by atoms with Gasteiger partial charge in [-0.05, 0) is 31.0 Å².